The van der Waals surface area contributed by atoms with Crippen molar-refractivity contribution in [2.75, 3.05) is 24.2 Å². The van der Waals surface area contributed by atoms with Crippen LogP contribution in [0.5, 0.6) is 5.75 Å². The smallest absolute Gasteiger partial charge is 0.262 e. The van der Waals surface area contributed by atoms with Crippen LogP contribution in [0.4, 0.5) is 5.69 Å². The summed E-state index contributed by atoms with van der Waals surface area (Å²) in [5.41, 5.74) is 1.18. The molecule has 24 heavy (non-hydrogen) atoms. The summed E-state index contributed by atoms with van der Waals surface area (Å²) in [4.78, 5) is 23.4. The van der Waals surface area contributed by atoms with Crippen LogP contribution in [-0.2, 0) is 4.79 Å². The van der Waals surface area contributed by atoms with Gasteiger partial charge < -0.3 is 15.4 Å². The molecule has 0 aromatic heterocycles. The molecule has 0 atom stereocenters. The molecule has 1 heterocycles. The van der Waals surface area contributed by atoms with E-state index in [1.807, 2.05) is 0 Å². The van der Waals surface area contributed by atoms with Crippen LogP contribution in [-0.4, -0.2) is 36.0 Å². The van der Waals surface area contributed by atoms with E-state index in [2.05, 4.69) is 22.4 Å². The lowest BCUT2D eigenvalue weighted by Gasteiger charge is -2.20. The highest BCUT2D eigenvalue weighted by Gasteiger charge is 2.18. The third kappa shape index (κ3) is 4.66. The summed E-state index contributed by atoms with van der Waals surface area (Å²) in [5, 5.41) is 6.50. The van der Waals surface area contributed by atoms with E-state index in [1.54, 1.807) is 18.2 Å². The number of amides is 2. The third-order valence-corrected chi connectivity index (χ3v) is 5.86. The largest absolute Gasteiger partial charge is 0.482 e. The van der Waals surface area contributed by atoms with E-state index in [0.717, 1.165) is 17.4 Å². The number of carbonyl (C=O) groups is 2. The molecule has 0 saturated heterocycles. The maximum Gasteiger partial charge on any atom is 0.262 e. The van der Waals surface area contributed by atoms with Crippen molar-refractivity contribution in [2.45, 2.75) is 43.8 Å². The minimum atomic E-state index is -0.171. The number of hydrogen-bond acceptors (Lipinski definition) is 4. The van der Waals surface area contributed by atoms with Gasteiger partial charge in [-0.2, -0.15) is 11.8 Å². The SMILES string of the molecule is O=C1COc2cc(C(=O)NCCCSC3CCCCC3)ccc2N1. The lowest BCUT2D eigenvalue weighted by molar-refractivity contribution is -0.118. The number of fused-ring (bicyclic) bond motifs is 1. The van der Waals surface area contributed by atoms with E-state index in [-0.39, 0.29) is 18.4 Å². The van der Waals surface area contributed by atoms with E-state index >= 15 is 0 Å². The van der Waals surface area contributed by atoms with Crippen LogP contribution in [0.25, 0.3) is 0 Å². The van der Waals surface area contributed by atoms with E-state index in [4.69, 9.17) is 4.74 Å². The molecule has 1 aromatic rings. The maximum absolute atomic E-state index is 12.2. The van der Waals surface area contributed by atoms with Crippen LogP contribution in [0.2, 0.25) is 0 Å². The summed E-state index contributed by atoms with van der Waals surface area (Å²) in [6, 6.07) is 5.10. The van der Waals surface area contributed by atoms with Gasteiger partial charge in [-0.3, -0.25) is 9.59 Å². The van der Waals surface area contributed by atoms with Crippen LogP contribution in [0.15, 0.2) is 18.2 Å². The fraction of sp³-hybridized carbons (Fsp3) is 0.556. The van der Waals surface area contributed by atoms with Crippen molar-refractivity contribution in [3.63, 3.8) is 0 Å². The minimum Gasteiger partial charge on any atom is -0.482 e. The zero-order chi connectivity index (χ0) is 16.8. The molecule has 2 amide bonds. The predicted octanol–water partition coefficient (Wildman–Crippen LogP) is 3.20. The van der Waals surface area contributed by atoms with Gasteiger partial charge in [0.15, 0.2) is 6.61 Å². The fourth-order valence-electron chi connectivity index (χ4n) is 3.07. The van der Waals surface area contributed by atoms with Crippen LogP contribution < -0.4 is 15.4 Å². The van der Waals surface area contributed by atoms with Gasteiger partial charge in [-0.25, -0.2) is 0 Å². The second kappa shape index (κ2) is 8.42. The molecule has 130 valence electrons. The molecule has 1 saturated carbocycles. The number of anilines is 1. The molecule has 3 rings (SSSR count). The second-order valence-electron chi connectivity index (χ2n) is 6.29. The highest BCUT2D eigenvalue weighted by Crippen LogP contribution is 2.29. The molecular formula is C18H24N2O3S. The number of benzene rings is 1. The lowest BCUT2D eigenvalue weighted by Crippen LogP contribution is -2.27. The van der Waals surface area contributed by atoms with Crippen molar-refractivity contribution in [2.24, 2.45) is 0 Å². The maximum atomic E-state index is 12.2. The summed E-state index contributed by atoms with van der Waals surface area (Å²) >= 11 is 2.05. The van der Waals surface area contributed by atoms with Gasteiger partial charge in [-0.15, -0.1) is 0 Å². The van der Waals surface area contributed by atoms with Crippen LogP contribution >= 0.6 is 11.8 Å². The van der Waals surface area contributed by atoms with Gasteiger partial charge in [0.05, 0.1) is 5.69 Å². The monoisotopic (exact) mass is 348 g/mol. The summed E-state index contributed by atoms with van der Waals surface area (Å²) in [7, 11) is 0. The third-order valence-electron chi connectivity index (χ3n) is 4.39. The number of thioether (sulfide) groups is 1. The Bertz CT molecular complexity index is 600. The number of hydrogen-bond donors (Lipinski definition) is 2. The molecule has 2 N–H and O–H groups in total. The zero-order valence-electron chi connectivity index (χ0n) is 13.8. The van der Waals surface area contributed by atoms with Crippen molar-refractivity contribution in [1.29, 1.82) is 0 Å². The molecule has 2 aliphatic rings. The first-order valence-electron chi connectivity index (χ1n) is 8.69. The van der Waals surface area contributed by atoms with E-state index in [0.29, 0.717) is 23.5 Å². The highest BCUT2D eigenvalue weighted by atomic mass is 32.2. The Balaban J connectivity index is 1.39. The molecular weight excluding hydrogens is 324 g/mol. The van der Waals surface area contributed by atoms with E-state index in [1.165, 1.54) is 32.1 Å². The highest BCUT2D eigenvalue weighted by molar-refractivity contribution is 7.99. The molecule has 0 radical (unpaired) electrons. The summed E-state index contributed by atoms with van der Waals surface area (Å²) in [6.45, 7) is 0.684. The Morgan fingerprint density at radius 3 is 2.96 bits per heavy atom. The van der Waals surface area contributed by atoms with E-state index in [9.17, 15) is 9.59 Å². The first kappa shape index (κ1) is 17.1. The predicted molar refractivity (Wildman–Crippen MR) is 96.8 cm³/mol. The Morgan fingerprint density at radius 2 is 2.12 bits per heavy atom. The Labute approximate surface area is 146 Å². The Kier molecular flexibility index (Phi) is 6.01. The first-order chi connectivity index (χ1) is 11.7. The van der Waals surface area contributed by atoms with Crippen molar-refractivity contribution >= 4 is 29.3 Å². The molecule has 0 unspecified atom stereocenters. The molecule has 5 nitrogen and oxygen atoms in total. The number of nitrogens with one attached hydrogen (secondary N) is 2. The summed E-state index contributed by atoms with van der Waals surface area (Å²) in [5.74, 6) is 1.39. The standard InChI is InChI=1S/C18H24N2O3S/c21-17-12-23-16-11-13(7-8-15(16)20-17)18(22)19-9-4-10-24-14-5-2-1-3-6-14/h7-8,11,14H,1-6,9-10,12H2,(H,19,22)(H,20,21). The average Bonchev–Trinajstić information content (AvgIpc) is 2.61. The Morgan fingerprint density at radius 1 is 1.29 bits per heavy atom. The van der Waals surface area contributed by atoms with Gasteiger partial charge in [-0.05, 0) is 43.2 Å². The topological polar surface area (TPSA) is 67.4 Å². The second-order valence-corrected chi connectivity index (χ2v) is 7.70. The van der Waals surface area contributed by atoms with Crippen LogP contribution in [0.3, 0.4) is 0 Å². The fourth-order valence-corrected chi connectivity index (χ4v) is 4.38. The quantitative estimate of drug-likeness (QED) is 0.775. The number of ether oxygens (including phenoxy) is 1. The van der Waals surface area contributed by atoms with Crippen LogP contribution in [0, 0.1) is 0 Å². The number of rotatable bonds is 6. The molecule has 1 aromatic carbocycles. The normalized spacial score (nSPS) is 17.6. The lowest BCUT2D eigenvalue weighted by atomic mass is 10.0. The van der Waals surface area contributed by atoms with Crippen molar-refractivity contribution in [1.82, 2.24) is 5.32 Å². The average molecular weight is 348 g/mol. The zero-order valence-corrected chi connectivity index (χ0v) is 14.6. The molecule has 1 aliphatic carbocycles. The van der Waals surface area contributed by atoms with Gasteiger partial charge in [0.2, 0.25) is 0 Å². The van der Waals surface area contributed by atoms with Crippen LogP contribution in [0.1, 0.15) is 48.9 Å². The van der Waals surface area contributed by atoms with Crippen molar-refractivity contribution in [3.8, 4) is 5.75 Å². The summed E-state index contributed by atoms with van der Waals surface area (Å²) < 4.78 is 5.34. The van der Waals surface area contributed by atoms with Crippen molar-refractivity contribution in [3.05, 3.63) is 23.8 Å². The van der Waals surface area contributed by atoms with Crippen molar-refractivity contribution < 1.29 is 14.3 Å². The van der Waals surface area contributed by atoms with E-state index < -0.39 is 0 Å². The van der Waals surface area contributed by atoms with Gasteiger partial charge in [0.1, 0.15) is 5.75 Å². The minimum absolute atomic E-state index is 0.00351. The first-order valence-corrected chi connectivity index (χ1v) is 9.74. The van der Waals surface area contributed by atoms with Gasteiger partial charge >= 0.3 is 0 Å². The Hall–Kier alpha value is -1.69. The van der Waals surface area contributed by atoms with Gasteiger partial charge in [0, 0.05) is 17.4 Å². The molecule has 1 fully saturated rings. The number of carbonyl (C=O) groups excluding carboxylic acids is 2. The molecule has 6 heteroatoms. The molecule has 0 spiro atoms. The molecule has 1 aliphatic heterocycles. The summed E-state index contributed by atoms with van der Waals surface area (Å²) in [6.07, 6.45) is 7.82. The van der Waals surface area contributed by atoms with Gasteiger partial charge in [-0.1, -0.05) is 19.3 Å². The molecule has 0 bridgehead atoms. The van der Waals surface area contributed by atoms with Gasteiger partial charge in [0.25, 0.3) is 11.8 Å².